The number of nitrogens with one attached hydrogen (secondary N) is 1. The van der Waals surface area contributed by atoms with Crippen LogP contribution in [0.4, 0.5) is 0 Å². The third-order valence-corrected chi connectivity index (χ3v) is 3.99. The summed E-state index contributed by atoms with van der Waals surface area (Å²) in [6, 6.07) is 2.10. The van der Waals surface area contributed by atoms with Crippen molar-refractivity contribution >= 4 is 11.2 Å². The van der Waals surface area contributed by atoms with Gasteiger partial charge in [0, 0.05) is 12.6 Å². The summed E-state index contributed by atoms with van der Waals surface area (Å²) >= 11 is 0. The van der Waals surface area contributed by atoms with Gasteiger partial charge in [-0.1, -0.05) is 20.8 Å². The highest BCUT2D eigenvalue weighted by atomic mass is 15.0. The Morgan fingerprint density at radius 1 is 1.30 bits per heavy atom. The monoisotopic (exact) mass is 274 g/mol. The number of rotatable bonds is 5. The largest absolute Gasteiger partial charge is 0.341 e. The lowest BCUT2D eigenvalue weighted by Gasteiger charge is -2.30. The van der Waals surface area contributed by atoms with Crippen LogP contribution in [-0.4, -0.2) is 21.5 Å². The van der Waals surface area contributed by atoms with E-state index in [0.29, 0.717) is 11.3 Å². The number of pyridine rings is 1. The maximum atomic E-state index is 5.74. The van der Waals surface area contributed by atoms with E-state index in [1.165, 1.54) is 0 Å². The number of hydrogen-bond donors (Lipinski definition) is 2. The van der Waals surface area contributed by atoms with Gasteiger partial charge in [-0.25, -0.2) is 9.97 Å². The van der Waals surface area contributed by atoms with Crippen LogP contribution >= 0.6 is 0 Å². The number of hydrogen-bond acceptors (Lipinski definition) is 3. The van der Waals surface area contributed by atoms with Gasteiger partial charge < -0.3 is 10.7 Å². The van der Waals surface area contributed by atoms with E-state index >= 15 is 0 Å². The van der Waals surface area contributed by atoms with Crippen molar-refractivity contribution in [3.63, 3.8) is 0 Å². The molecule has 0 saturated heterocycles. The molecular weight excluding hydrogens is 248 g/mol. The average molecular weight is 274 g/mol. The fraction of sp³-hybridized carbons (Fsp3) is 0.625. The summed E-state index contributed by atoms with van der Waals surface area (Å²) in [4.78, 5) is 12.3. The van der Waals surface area contributed by atoms with Crippen LogP contribution < -0.4 is 5.73 Å². The fourth-order valence-corrected chi connectivity index (χ4v) is 2.70. The molecule has 110 valence electrons. The Balaban J connectivity index is 2.07. The van der Waals surface area contributed by atoms with Gasteiger partial charge in [-0.3, -0.25) is 0 Å². The first-order chi connectivity index (χ1) is 9.40. The zero-order valence-corrected chi connectivity index (χ0v) is 13.0. The quantitative estimate of drug-likeness (QED) is 0.879. The van der Waals surface area contributed by atoms with E-state index < -0.39 is 0 Å². The van der Waals surface area contributed by atoms with E-state index in [2.05, 4.69) is 41.8 Å². The van der Waals surface area contributed by atoms with E-state index in [-0.39, 0.29) is 0 Å². The van der Waals surface area contributed by atoms with Crippen molar-refractivity contribution in [1.29, 1.82) is 0 Å². The molecule has 3 N–H and O–H groups in total. The molecule has 4 nitrogen and oxygen atoms in total. The Kier molecular flexibility index (Phi) is 4.43. The van der Waals surface area contributed by atoms with Gasteiger partial charge in [-0.15, -0.1) is 0 Å². The summed E-state index contributed by atoms with van der Waals surface area (Å²) in [5.41, 5.74) is 9.04. The normalized spacial score (nSPS) is 13.8. The van der Waals surface area contributed by atoms with Crippen molar-refractivity contribution in [3.05, 3.63) is 23.7 Å². The highest BCUT2D eigenvalue weighted by Crippen LogP contribution is 2.32. The molecular formula is C16H26N4. The third kappa shape index (κ3) is 3.57. The first-order valence-corrected chi connectivity index (χ1v) is 7.41. The van der Waals surface area contributed by atoms with E-state index in [1.807, 2.05) is 13.1 Å². The number of aromatic nitrogens is 3. The van der Waals surface area contributed by atoms with Crippen LogP contribution in [0.5, 0.6) is 0 Å². The Morgan fingerprint density at radius 2 is 2.05 bits per heavy atom. The summed E-state index contributed by atoms with van der Waals surface area (Å²) < 4.78 is 0. The Labute approximate surface area is 121 Å². The van der Waals surface area contributed by atoms with Crippen molar-refractivity contribution < 1.29 is 0 Å². The second-order valence-electron chi connectivity index (χ2n) is 6.75. The van der Waals surface area contributed by atoms with Gasteiger partial charge in [0.25, 0.3) is 0 Å². The molecule has 1 atom stereocenters. The first kappa shape index (κ1) is 15.0. The lowest BCUT2D eigenvalue weighted by atomic mass is 9.76. The molecule has 1 unspecified atom stereocenters. The maximum absolute atomic E-state index is 5.74. The fourth-order valence-electron chi connectivity index (χ4n) is 2.70. The number of aromatic amines is 1. The smallest absolute Gasteiger partial charge is 0.177 e. The predicted molar refractivity (Wildman–Crippen MR) is 83.6 cm³/mol. The lowest BCUT2D eigenvalue weighted by molar-refractivity contribution is 0.214. The summed E-state index contributed by atoms with van der Waals surface area (Å²) in [5, 5.41) is 0. The van der Waals surface area contributed by atoms with Crippen molar-refractivity contribution in [2.45, 2.75) is 47.0 Å². The van der Waals surface area contributed by atoms with Crippen LogP contribution in [0, 0.1) is 18.3 Å². The van der Waals surface area contributed by atoms with Gasteiger partial charge in [0.05, 0.1) is 5.52 Å². The maximum Gasteiger partial charge on any atom is 0.177 e. The second-order valence-corrected chi connectivity index (χ2v) is 6.75. The molecule has 2 heterocycles. The van der Waals surface area contributed by atoms with Gasteiger partial charge in [-0.2, -0.15) is 0 Å². The van der Waals surface area contributed by atoms with E-state index in [9.17, 15) is 0 Å². The molecule has 0 spiro atoms. The van der Waals surface area contributed by atoms with Gasteiger partial charge >= 0.3 is 0 Å². The molecule has 20 heavy (non-hydrogen) atoms. The van der Waals surface area contributed by atoms with Crippen LogP contribution in [-0.2, 0) is 6.42 Å². The number of imidazole rings is 1. The highest BCUT2D eigenvalue weighted by Gasteiger charge is 2.23. The third-order valence-electron chi connectivity index (χ3n) is 3.99. The van der Waals surface area contributed by atoms with Crippen molar-refractivity contribution in [3.8, 4) is 0 Å². The van der Waals surface area contributed by atoms with E-state index in [1.54, 1.807) is 0 Å². The van der Waals surface area contributed by atoms with Crippen LogP contribution in [0.25, 0.3) is 11.2 Å². The summed E-state index contributed by atoms with van der Waals surface area (Å²) in [7, 11) is 0. The number of nitrogens with two attached hydrogens (primary N) is 1. The van der Waals surface area contributed by atoms with E-state index in [4.69, 9.17) is 5.73 Å². The molecule has 2 aromatic heterocycles. The van der Waals surface area contributed by atoms with Crippen LogP contribution in [0.3, 0.4) is 0 Å². The number of H-pyrrole nitrogens is 1. The number of aryl methyl sites for hydroxylation is 2. The lowest BCUT2D eigenvalue weighted by Crippen LogP contribution is -2.24. The Hall–Kier alpha value is -1.42. The van der Waals surface area contributed by atoms with Crippen molar-refractivity contribution in [2.75, 3.05) is 6.54 Å². The molecule has 0 aliphatic rings. The standard InChI is InChI=1S/C16H26N4/c1-11-9-13-15(18-10-11)20-14(19-13)6-5-12(7-8-17)16(2,3)4/h9-10,12H,5-8,17H2,1-4H3,(H,18,19,20). The Bertz CT molecular complexity index is 565. The molecule has 0 radical (unpaired) electrons. The van der Waals surface area contributed by atoms with E-state index in [0.717, 1.165) is 48.4 Å². The molecule has 0 bridgehead atoms. The minimum atomic E-state index is 0.292. The molecule has 0 saturated carbocycles. The molecule has 2 aromatic rings. The molecule has 2 rings (SSSR count). The molecule has 0 amide bonds. The van der Waals surface area contributed by atoms with Crippen molar-refractivity contribution in [2.24, 2.45) is 17.1 Å². The topological polar surface area (TPSA) is 67.6 Å². The Morgan fingerprint density at radius 3 is 2.70 bits per heavy atom. The minimum absolute atomic E-state index is 0.292. The summed E-state index contributed by atoms with van der Waals surface area (Å²) in [6.07, 6.45) is 5.00. The minimum Gasteiger partial charge on any atom is -0.341 e. The molecule has 0 aliphatic carbocycles. The SMILES string of the molecule is Cc1cnc2nc(CCC(CCN)C(C)(C)C)[nH]c2c1. The molecule has 0 aromatic carbocycles. The highest BCUT2D eigenvalue weighted by molar-refractivity contribution is 5.70. The zero-order chi connectivity index (χ0) is 14.8. The second kappa shape index (κ2) is 5.92. The molecule has 0 fully saturated rings. The van der Waals surface area contributed by atoms with Gasteiger partial charge in [0.1, 0.15) is 5.82 Å². The summed E-state index contributed by atoms with van der Waals surface area (Å²) in [6.45, 7) is 9.66. The number of fused-ring (bicyclic) bond motifs is 1. The number of nitrogens with zero attached hydrogens (tertiary/aromatic N) is 2. The first-order valence-electron chi connectivity index (χ1n) is 7.41. The van der Waals surface area contributed by atoms with Crippen LogP contribution in [0.1, 0.15) is 45.0 Å². The van der Waals surface area contributed by atoms with Gasteiger partial charge in [0.15, 0.2) is 5.65 Å². The van der Waals surface area contributed by atoms with Crippen LogP contribution in [0.15, 0.2) is 12.3 Å². The van der Waals surface area contributed by atoms with Crippen molar-refractivity contribution in [1.82, 2.24) is 15.0 Å². The molecule has 4 heteroatoms. The predicted octanol–water partition coefficient (Wildman–Crippen LogP) is 3.21. The summed E-state index contributed by atoms with van der Waals surface area (Å²) in [5.74, 6) is 1.65. The van der Waals surface area contributed by atoms with Gasteiger partial charge in [0.2, 0.25) is 0 Å². The average Bonchev–Trinajstić information content (AvgIpc) is 2.74. The zero-order valence-electron chi connectivity index (χ0n) is 13.0. The molecule has 0 aliphatic heterocycles. The van der Waals surface area contributed by atoms with Gasteiger partial charge in [-0.05, 0) is 49.3 Å². The van der Waals surface area contributed by atoms with Crippen LogP contribution in [0.2, 0.25) is 0 Å².